The maximum Gasteiger partial charge on any atom is 0.352 e. The Kier molecular flexibility index (Phi) is 3.54. The molecule has 1 aromatic rings. The number of carboxylic acid groups (broad SMARTS) is 1. The highest BCUT2D eigenvalue weighted by Gasteiger charge is 2.64. The summed E-state index contributed by atoms with van der Waals surface area (Å²) in [6, 6.07) is 3.62. The van der Waals surface area contributed by atoms with Crippen LogP contribution in [0.4, 0.5) is 0 Å². The van der Waals surface area contributed by atoms with Gasteiger partial charge < -0.3 is 5.11 Å². The first kappa shape index (κ1) is 14.2. The number of amides is 1. The highest BCUT2D eigenvalue weighted by molar-refractivity contribution is 8.06. The van der Waals surface area contributed by atoms with Crippen LogP contribution in [0.3, 0.4) is 0 Å². The van der Waals surface area contributed by atoms with E-state index >= 15 is 0 Å². The van der Waals surface area contributed by atoms with Gasteiger partial charge >= 0.3 is 5.97 Å². The van der Waals surface area contributed by atoms with Gasteiger partial charge in [-0.1, -0.05) is 12.6 Å². The van der Waals surface area contributed by atoms with Gasteiger partial charge in [0, 0.05) is 18.1 Å². The summed E-state index contributed by atoms with van der Waals surface area (Å²) in [5.74, 6) is -0.737. The molecular formula is C14H12N2O3S2. The summed E-state index contributed by atoms with van der Waals surface area (Å²) in [7, 11) is 0. The van der Waals surface area contributed by atoms with Crippen LogP contribution in [0.25, 0.3) is 0 Å². The van der Waals surface area contributed by atoms with Crippen LogP contribution < -0.4 is 0 Å². The molecule has 0 saturated carbocycles. The van der Waals surface area contributed by atoms with E-state index in [0.717, 1.165) is 5.56 Å². The minimum Gasteiger partial charge on any atom is -0.477 e. The van der Waals surface area contributed by atoms with Crippen LogP contribution in [0, 0.1) is 0 Å². The van der Waals surface area contributed by atoms with Crippen molar-refractivity contribution in [3.05, 3.63) is 53.8 Å². The van der Waals surface area contributed by atoms with Crippen LogP contribution in [0.2, 0.25) is 0 Å². The molecule has 0 spiro atoms. The fourth-order valence-corrected chi connectivity index (χ4v) is 5.18. The van der Waals surface area contributed by atoms with E-state index in [2.05, 4.69) is 11.6 Å². The summed E-state index contributed by atoms with van der Waals surface area (Å²) in [5, 5.41) is 10.6. The van der Waals surface area contributed by atoms with E-state index in [1.807, 2.05) is 6.07 Å². The van der Waals surface area contributed by atoms with E-state index in [9.17, 15) is 14.7 Å². The molecule has 108 valence electrons. The number of nitrogens with zero attached hydrogens (tertiary/aromatic N) is 2. The van der Waals surface area contributed by atoms with E-state index in [1.54, 1.807) is 41.7 Å². The number of hydrogen-bond acceptors (Lipinski definition) is 5. The van der Waals surface area contributed by atoms with Gasteiger partial charge in [-0.3, -0.25) is 14.7 Å². The summed E-state index contributed by atoms with van der Waals surface area (Å²) in [6.45, 7) is 3.71. The largest absolute Gasteiger partial charge is 0.477 e. The zero-order valence-electron chi connectivity index (χ0n) is 10.9. The van der Waals surface area contributed by atoms with Gasteiger partial charge in [0.15, 0.2) is 4.75 Å². The highest BCUT2D eigenvalue weighted by atomic mass is 32.2. The van der Waals surface area contributed by atoms with Gasteiger partial charge in [0.2, 0.25) is 0 Å². The molecule has 2 atom stereocenters. The maximum atomic E-state index is 12.7. The molecule has 0 aliphatic carbocycles. The fourth-order valence-electron chi connectivity index (χ4n) is 2.60. The lowest BCUT2D eigenvalue weighted by Gasteiger charge is -2.55. The first-order valence-corrected chi connectivity index (χ1v) is 8.13. The summed E-state index contributed by atoms with van der Waals surface area (Å²) < 4.78 is -0.838. The molecular weight excluding hydrogens is 308 g/mol. The first-order valence-electron chi connectivity index (χ1n) is 6.21. The number of fused-ring (bicyclic) bond motifs is 1. The normalized spacial score (nSPS) is 27.4. The average Bonchev–Trinajstić information content (AvgIpc) is 2.52. The number of aromatic nitrogens is 1. The third-order valence-corrected chi connectivity index (χ3v) is 6.05. The standard InChI is InChI=1S/C14H12N2O3S2/c1-2-21-14(9-4-3-6-15-8-9)12(19)16-10(11(17)18)5-7-20-13(14)16/h2-6,8,13H,1,7H2,(H,17,18)/t13-,14?/m0/s1. The molecule has 1 N–H and O–H groups in total. The number of rotatable bonds is 4. The second kappa shape index (κ2) is 5.23. The van der Waals surface area contributed by atoms with Crippen molar-refractivity contribution in [2.24, 2.45) is 0 Å². The number of pyridine rings is 1. The molecule has 21 heavy (non-hydrogen) atoms. The van der Waals surface area contributed by atoms with Gasteiger partial charge in [0.1, 0.15) is 11.1 Å². The van der Waals surface area contributed by atoms with E-state index in [0.29, 0.717) is 5.75 Å². The molecule has 1 aromatic heterocycles. The molecule has 1 amide bonds. The van der Waals surface area contributed by atoms with Crippen molar-refractivity contribution in [3.63, 3.8) is 0 Å². The number of hydrogen-bond donors (Lipinski definition) is 1. The van der Waals surface area contributed by atoms with Crippen molar-refractivity contribution in [2.75, 3.05) is 5.75 Å². The SMILES string of the molecule is C=CSC1(c2cccnc2)C(=O)N2C(C(=O)O)=CCS[C@H]21. The predicted octanol–water partition coefficient (Wildman–Crippen LogP) is 2.04. The van der Waals surface area contributed by atoms with E-state index in [4.69, 9.17) is 0 Å². The zero-order chi connectivity index (χ0) is 15.0. The molecule has 3 rings (SSSR count). The number of carboxylic acids is 1. The van der Waals surface area contributed by atoms with Gasteiger partial charge in [-0.2, -0.15) is 0 Å². The Bertz CT molecular complexity index is 647. The highest BCUT2D eigenvalue weighted by Crippen LogP contribution is 2.57. The van der Waals surface area contributed by atoms with Gasteiger partial charge in [0.25, 0.3) is 5.91 Å². The predicted molar refractivity (Wildman–Crippen MR) is 82.5 cm³/mol. The fraction of sp³-hybridized carbons (Fsp3) is 0.214. The molecule has 7 heteroatoms. The Labute approximate surface area is 130 Å². The lowest BCUT2D eigenvalue weighted by molar-refractivity contribution is -0.150. The third kappa shape index (κ3) is 1.91. The molecule has 0 bridgehead atoms. The minimum atomic E-state index is -1.07. The quantitative estimate of drug-likeness (QED) is 0.856. The number of carbonyl (C=O) groups excluding carboxylic acids is 1. The third-order valence-electron chi connectivity index (χ3n) is 3.49. The molecule has 3 heterocycles. The molecule has 5 nitrogen and oxygen atoms in total. The summed E-state index contributed by atoms with van der Waals surface area (Å²) in [6.07, 6.45) is 4.88. The van der Waals surface area contributed by atoms with E-state index in [-0.39, 0.29) is 17.0 Å². The van der Waals surface area contributed by atoms with Gasteiger partial charge in [-0.25, -0.2) is 4.79 Å². The monoisotopic (exact) mass is 320 g/mol. The summed E-state index contributed by atoms with van der Waals surface area (Å²) in [4.78, 5) is 29.5. The Balaban J connectivity index is 2.06. The second-order valence-electron chi connectivity index (χ2n) is 4.52. The van der Waals surface area contributed by atoms with E-state index in [1.165, 1.54) is 16.7 Å². The van der Waals surface area contributed by atoms with Crippen LogP contribution >= 0.6 is 23.5 Å². The minimum absolute atomic E-state index is 0.0629. The Morgan fingerprint density at radius 3 is 3.10 bits per heavy atom. The topological polar surface area (TPSA) is 70.5 Å². The van der Waals surface area contributed by atoms with Crippen LogP contribution in [-0.4, -0.2) is 38.0 Å². The van der Waals surface area contributed by atoms with Gasteiger partial charge in [0.05, 0.1) is 0 Å². The van der Waals surface area contributed by atoms with E-state index < -0.39 is 10.7 Å². The Morgan fingerprint density at radius 1 is 1.67 bits per heavy atom. The van der Waals surface area contributed by atoms with Crippen molar-refractivity contribution >= 4 is 35.4 Å². The number of aliphatic carboxylic acids is 1. The van der Waals surface area contributed by atoms with Crippen molar-refractivity contribution in [3.8, 4) is 0 Å². The molecule has 0 aromatic carbocycles. The van der Waals surface area contributed by atoms with Crippen LogP contribution in [0.5, 0.6) is 0 Å². The van der Waals surface area contributed by atoms with Crippen molar-refractivity contribution in [1.82, 2.24) is 9.88 Å². The molecule has 1 saturated heterocycles. The van der Waals surface area contributed by atoms with Gasteiger partial charge in [-0.05, 0) is 23.1 Å². The summed E-state index contributed by atoms with van der Waals surface area (Å²) in [5.41, 5.74) is 0.841. The molecule has 1 fully saturated rings. The van der Waals surface area contributed by atoms with Crippen LogP contribution in [0.15, 0.2) is 48.3 Å². The smallest absolute Gasteiger partial charge is 0.352 e. The summed E-state index contributed by atoms with van der Waals surface area (Å²) >= 11 is 2.87. The maximum absolute atomic E-state index is 12.7. The first-order chi connectivity index (χ1) is 10.1. The van der Waals surface area contributed by atoms with Gasteiger partial charge in [-0.15, -0.1) is 23.5 Å². The van der Waals surface area contributed by atoms with Crippen molar-refractivity contribution < 1.29 is 14.7 Å². The van der Waals surface area contributed by atoms with Crippen LogP contribution in [-0.2, 0) is 14.3 Å². The lowest BCUT2D eigenvalue weighted by Crippen LogP contribution is -2.69. The zero-order valence-corrected chi connectivity index (χ0v) is 12.6. The Morgan fingerprint density at radius 2 is 2.48 bits per heavy atom. The number of carbonyl (C=O) groups is 2. The molecule has 0 radical (unpaired) electrons. The Hall–Kier alpha value is -1.73. The average molecular weight is 320 g/mol. The molecule has 1 unspecified atom stereocenters. The molecule has 2 aliphatic rings. The lowest BCUT2D eigenvalue weighted by atomic mass is 9.88. The second-order valence-corrected chi connectivity index (χ2v) is 6.84. The molecule has 2 aliphatic heterocycles. The van der Waals surface area contributed by atoms with Crippen LogP contribution in [0.1, 0.15) is 5.56 Å². The number of thioether (sulfide) groups is 2. The van der Waals surface area contributed by atoms with Crippen molar-refractivity contribution in [2.45, 2.75) is 10.1 Å². The van der Waals surface area contributed by atoms with Crippen molar-refractivity contribution in [1.29, 1.82) is 0 Å². The number of β-lactam (4-membered cyclic amide) rings is 1.